The van der Waals surface area contributed by atoms with E-state index in [9.17, 15) is 5.26 Å². The molecule has 0 spiro atoms. The number of hydrogen-bond donors (Lipinski definition) is 0. The molecule has 2 rings (SSSR count). The molecule has 0 radical (unpaired) electrons. The van der Waals surface area contributed by atoms with Crippen LogP contribution in [0.3, 0.4) is 0 Å². The first-order valence-electron chi connectivity index (χ1n) is 5.97. The number of nitriles is 1. The molecule has 1 fully saturated rings. The smallest absolute Gasteiger partial charge is 0.123 e. The zero-order valence-electron chi connectivity index (χ0n) is 10.0. The number of nitrogens with zero attached hydrogens (tertiary/aromatic N) is 1. The average molecular weight is 250 g/mol. The Balaban J connectivity index is 2.49. The zero-order chi connectivity index (χ0) is 12.3. The highest BCUT2D eigenvalue weighted by Gasteiger charge is 2.36. The van der Waals surface area contributed by atoms with Crippen molar-refractivity contribution < 1.29 is 4.74 Å². The molecule has 1 aliphatic rings. The topological polar surface area (TPSA) is 33.0 Å². The molecule has 3 heteroatoms. The van der Waals surface area contributed by atoms with E-state index in [1.807, 2.05) is 12.1 Å². The zero-order valence-corrected chi connectivity index (χ0v) is 10.8. The number of ether oxygens (including phenoxy) is 1. The van der Waals surface area contributed by atoms with Gasteiger partial charge in [0.2, 0.25) is 0 Å². The molecular weight excluding hydrogens is 234 g/mol. The fraction of sp³-hybridized carbons (Fsp3) is 0.500. The van der Waals surface area contributed by atoms with Gasteiger partial charge in [0.25, 0.3) is 0 Å². The van der Waals surface area contributed by atoms with Crippen molar-refractivity contribution in [3.05, 3.63) is 28.8 Å². The minimum Gasteiger partial charge on any atom is -0.496 e. The lowest BCUT2D eigenvalue weighted by Crippen LogP contribution is -2.27. The van der Waals surface area contributed by atoms with Crippen molar-refractivity contribution in [3.63, 3.8) is 0 Å². The Bertz CT molecular complexity index is 444. The van der Waals surface area contributed by atoms with Gasteiger partial charge < -0.3 is 4.74 Å². The Labute approximate surface area is 107 Å². The van der Waals surface area contributed by atoms with Crippen molar-refractivity contribution in [1.29, 1.82) is 5.26 Å². The molecule has 1 aliphatic carbocycles. The molecule has 1 aromatic carbocycles. The molecule has 1 saturated carbocycles. The second-order valence-corrected chi connectivity index (χ2v) is 5.04. The van der Waals surface area contributed by atoms with Crippen LogP contribution in [0.15, 0.2) is 18.2 Å². The van der Waals surface area contributed by atoms with Crippen LogP contribution in [-0.4, -0.2) is 7.11 Å². The van der Waals surface area contributed by atoms with Gasteiger partial charge in [0.15, 0.2) is 0 Å². The van der Waals surface area contributed by atoms with Crippen LogP contribution in [0, 0.1) is 11.3 Å². The highest BCUT2D eigenvalue weighted by Crippen LogP contribution is 2.43. The summed E-state index contributed by atoms with van der Waals surface area (Å²) in [5.74, 6) is 0.776. The Hall–Kier alpha value is -1.20. The van der Waals surface area contributed by atoms with Crippen LogP contribution in [0.4, 0.5) is 0 Å². The van der Waals surface area contributed by atoms with E-state index in [-0.39, 0.29) is 0 Å². The Morgan fingerprint density at radius 3 is 2.59 bits per heavy atom. The molecule has 0 aliphatic heterocycles. The van der Waals surface area contributed by atoms with Gasteiger partial charge in [0.1, 0.15) is 5.75 Å². The Morgan fingerprint density at radius 1 is 1.29 bits per heavy atom. The third-order valence-corrected chi connectivity index (χ3v) is 3.83. The Morgan fingerprint density at radius 2 is 2.00 bits per heavy atom. The monoisotopic (exact) mass is 249 g/mol. The maximum atomic E-state index is 9.56. The molecule has 0 bridgehead atoms. The molecule has 0 atom stereocenters. The summed E-state index contributed by atoms with van der Waals surface area (Å²) in [6.07, 6.45) is 5.22. The molecule has 0 amide bonds. The van der Waals surface area contributed by atoms with Crippen LogP contribution < -0.4 is 4.74 Å². The molecular formula is C14H16ClNO. The highest BCUT2D eigenvalue weighted by atomic mass is 35.5. The van der Waals surface area contributed by atoms with Gasteiger partial charge >= 0.3 is 0 Å². The van der Waals surface area contributed by atoms with E-state index in [1.54, 1.807) is 13.2 Å². The molecule has 90 valence electrons. The number of halogens is 1. The number of hydrogen-bond acceptors (Lipinski definition) is 2. The largest absolute Gasteiger partial charge is 0.496 e. The molecule has 1 aromatic rings. The fourth-order valence-electron chi connectivity index (χ4n) is 2.65. The highest BCUT2D eigenvalue weighted by molar-refractivity contribution is 6.30. The second kappa shape index (κ2) is 4.98. The first kappa shape index (κ1) is 12.3. The average Bonchev–Trinajstić information content (AvgIpc) is 2.39. The van der Waals surface area contributed by atoms with Crippen LogP contribution in [0.25, 0.3) is 0 Å². The fourth-order valence-corrected chi connectivity index (χ4v) is 2.82. The van der Waals surface area contributed by atoms with Crippen molar-refractivity contribution in [2.24, 2.45) is 0 Å². The number of methoxy groups -OCH3 is 1. The van der Waals surface area contributed by atoms with E-state index < -0.39 is 5.41 Å². The molecule has 0 saturated heterocycles. The quantitative estimate of drug-likeness (QED) is 0.791. The lowest BCUT2D eigenvalue weighted by Gasteiger charge is -2.32. The van der Waals surface area contributed by atoms with Crippen molar-refractivity contribution in [3.8, 4) is 11.8 Å². The third kappa shape index (κ3) is 2.25. The molecule has 0 unspecified atom stereocenters. The van der Waals surface area contributed by atoms with Gasteiger partial charge in [-0.2, -0.15) is 5.26 Å². The SMILES string of the molecule is COc1ccc(Cl)cc1C1(C#N)CCCCC1. The molecule has 0 N–H and O–H groups in total. The van der Waals surface area contributed by atoms with Gasteiger partial charge in [-0.15, -0.1) is 0 Å². The molecule has 0 heterocycles. The van der Waals surface area contributed by atoms with Gasteiger partial charge in [-0.05, 0) is 31.0 Å². The van der Waals surface area contributed by atoms with E-state index >= 15 is 0 Å². The van der Waals surface area contributed by atoms with Gasteiger partial charge in [0, 0.05) is 10.6 Å². The van der Waals surface area contributed by atoms with Crippen molar-refractivity contribution in [2.45, 2.75) is 37.5 Å². The normalized spacial score (nSPS) is 18.4. The first-order chi connectivity index (χ1) is 8.22. The van der Waals surface area contributed by atoms with E-state index in [1.165, 1.54) is 6.42 Å². The van der Waals surface area contributed by atoms with Crippen LogP contribution in [0.5, 0.6) is 5.75 Å². The summed E-state index contributed by atoms with van der Waals surface area (Å²) in [5.41, 5.74) is 0.545. The minimum absolute atomic E-state index is 0.408. The van der Waals surface area contributed by atoms with E-state index in [2.05, 4.69) is 6.07 Å². The van der Waals surface area contributed by atoms with Crippen LogP contribution in [0.2, 0.25) is 5.02 Å². The summed E-state index contributed by atoms with van der Waals surface area (Å²) in [4.78, 5) is 0. The van der Waals surface area contributed by atoms with Crippen LogP contribution in [-0.2, 0) is 5.41 Å². The van der Waals surface area contributed by atoms with Gasteiger partial charge in [-0.1, -0.05) is 30.9 Å². The lowest BCUT2D eigenvalue weighted by atomic mass is 9.70. The molecule has 0 aromatic heterocycles. The first-order valence-corrected chi connectivity index (χ1v) is 6.35. The minimum atomic E-state index is -0.408. The molecule has 17 heavy (non-hydrogen) atoms. The summed E-state index contributed by atoms with van der Waals surface area (Å²) in [7, 11) is 1.64. The summed E-state index contributed by atoms with van der Waals surface area (Å²) in [6.45, 7) is 0. The summed E-state index contributed by atoms with van der Waals surface area (Å²) in [6, 6.07) is 8.04. The van der Waals surface area contributed by atoms with E-state index in [0.717, 1.165) is 37.0 Å². The van der Waals surface area contributed by atoms with Gasteiger partial charge in [0.05, 0.1) is 18.6 Å². The Kier molecular flexibility index (Phi) is 3.59. The standard InChI is InChI=1S/C14H16ClNO/c1-17-13-6-5-11(15)9-12(13)14(10-16)7-3-2-4-8-14/h5-6,9H,2-4,7-8H2,1H3. The second-order valence-electron chi connectivity index (χ2n) is 4.60. The third-order valence-electron chi connectivity index (χ3n) is 3.60. The number of benzene rings is 1. The van der Waals surface area contributed by atoms with Crippen molar-refractivity contribution in [1.82, 2.24) is 0 Å². The maximum absolute atomic E-state index is 9.56. The van der Waals surface area contributed by atoms with Crippen molar-refractivity contribution in [2.75, 3.05) is 7.11 Å². The summed E-state index contributed by atoms with van der Waals surface area (Å²) in [5, 5.41) is 10.2. The predicted octanol–water partition coefficient (Wildman–Crippen LogP) is 4.07. The van der Waals surface area contributed by atoms with Crippen molar-refractivity contribution >= 4 is 11.6 Å². The van der Waals surface area contributed by atoms with Crippen LogP contribution >= 0.6 is 11.6 Å². The summed E-state index contributed by atoms with van der Waals surface area (Å²) >= 11 is 6.05. The maximum Gasteiger partial charge on any atom is 0.123 e. The molecule has 2 nitrogen and oxygen atoms in total. The predicted molar refractivity (Wildman–Crippen MR) is 68.4 cm³/mol. The van der Waals surface area contributed by atoms with E-state index in [4.69, 9.17) is 16.3 Å². The van der Waals surface area contributed by atoms with E-state index in [0.29, 0.717) is 5.02 Å². The van der Waals surface area contributed by atoms with Crippen LogP contribution in [0.1, 0.15) is 37.7 Å². The lowest BCUT2D eigenvalue weighted by molar-refractivity contribution is 0.342. The number of rotatable bonds is 2. The van der Waals surface area contributed by atoms with Gasteiger partial charge in [-0.3, -0.25) is 0 Å². The summed E-state index contributed by atoms with van der Waals surface area (Å²) < 4.78 is 5.37. The van der Waals surface area contributed by atoms with Gasteiger partial charge in [-0.25, -0.2) is 0 Å².